The molecule has 2 nitrogen and oxygen atoms in total. The van der Waals surface area contributed by atoms with Crippen LogP contribution in [0, 0.1) is 0 Å². The Kier molecular flexibility index (Phi) is 8.42. The van der Waals surface area contributed by atoms with Gasteiger partial charge < -0.3 is 4.74 Å². The van der Waals surface area contributed by atoms with Gasteiger partial charge in [-0.3, -0.25) is 4.90 Å². The first-order valence-corrected chi connectivity index (χ1v) is 8.39. The zero-order chi connectivity index (χ0) is 17.2. The minimum absolute atomic E-state index is 0.912. The highest BCUT2D eigenvalue weighted by molar-refractivity contribution is 5.40. The van der Waals surface area contributed by atoms with Gasteiger partial charge in [0, 0.05) is 19.6 Å². The normalized spacial score (nSPS) is 15.3. The molecule has 0 saturated heterocycles. The molecule has 0 aliphatic carbocycles. The molecule has 1 aliphatic heterocycles. The lowest BCUT2D eigenvalue weighted by Gasteiger charge is -2.16. The van der Waals surface area contributed by atoms with Crippen molar-refractivity contribution in [2.24, 2.45) is 0 Å². The zero-order valence-corrected chi connectivity index (χ0v) is 15.4. The number of ether oxygens (including phenoxy) is 1. The summed E-state index contributed by atoms with van der Waals surface area (Å²) in [6.07, 6.45) is 5.21. The molecule has 126 valence electrons. The molecule has 0 radical (unpaired) electrons. The summed E-state index contributed by atoms with van der Waals surface area (Å²) in [5.74, 6) is 0.912. The molecule has 1 aliphatic rings. The topological polar surface area (TPSA) is 12.5 Å². The Morgan fingerprint density at radius 1 is 1.22 bits per heavy atom. The van der Waals surface area contributed by atoms with Crippen molar-refractivity contribution >= 4 is 0 Å². The monoisotopic (exact) mass is 313 g/mol. The highest BCUT2D eigenvalue weighted by atomic mass is 16.5. The zero-order valence-electron chi connectivity index (χ0n) is 15.4. The Balaban J connectivity index is 0.000000816. The highest BCUT2D eigenvalue weighted by Crippen LogP contribution is 2.25. The predicted octanol–water partition coefficient (Wildman–Crippen LogP) is 5.38. The summed E-state index contributed by atoms with van der Waals surface area (Å²) in [6, 6.07) is 8.32. The lowest BCUT2D eigenvalue weighted by Crippen LogP contribution is -2.20. The largest absolute Gasteiger partial charge is 0.497 e. The summed E-state index contributed by atoms with van der Waals surface area (Å²) in [5.41, 5.74) is 5.58. The minimum Gasteiger partial charge on any atom is -0.497 e. The third-order valence-electron chi connectivity index (χ3n) is 3.77. The molecule has 1 heterocycles. The number of hydrogen-bond donors (Lipinski definition) is 0. The Morgan fingerprint density at radius 3 is 2.35 bits per heavy atom. The summed E-state index contributed by atoms with van der Waals surface area (Å²) in [7, 11) is 1.70. The Bertz CT molecular complexity index is 552. The summed E-state index contributed by atoms with van der Waals surface area (Å²) in [4.78, 5) is 2.47. The van der Waals surface area contributed by atoms with Crippen molar-refractivity contribution in [3.63, 3.8) is 0 Å². The van der Waals surface area contributed by atoms with E-state index in [1.165, 1.54) is 28.7 Å². The molecule has 23 heavy (non-hydrogen) atoms. The van der Waals surface area contributed by atoms with Crippen molar-refractivity contribution in [1.29, 1.82) is 0 Å². The van der Waals surface area contributed by atoms with E-state index in [2.05, 4.69) is 57.4 Å². The maximum Gasteiger partial charge on any atom is 0.118 e. The second-order valence-electron chi connectivity index (χ2n) is 6.04. The van der Waals surface area contributed by atoms with Crippen molar-refractivity contribution in [1.82, 2.24) is 4.90 Å². The summed E-state index contributed by atoms with van der Waals surface area (Å²) >= 11 is 0. The quantitative estimate of drug-likeness (QED) is 0.677. The summed E-state index contributed by atoms with van der Waals surface area (Å²) < 4.78 is 5.19. The molecule has 0 spiro atoms. The molecule has 2 rings (SSSR count). The van der Waals surface area contributed by atoms with Crippen molar-refractivity contribution in [2.45, 2.75) is 40.7 Å². The van der Waals surface area contributed by atoms with Crippen LogP contribution in [0.5, 0.6) is 5.75 Å². The van der Waals surface area contributed by atoms with E-state index >= 15 is 0 Å². The maximum atomic E-state index is 5.19. The predicted molar refractivity (Wildman–Crippen MR) is 101 cm³/mol. The summed E-state index contributed by atoms with van der Waals surface area (Å²) in [5, 5.41) is 0. The van der Waals surface area contributed by atoms with Crippen molar-refractivity contribution in [2.75, 3.05) is 20.2 Å². The van der Waals surface area contributed by atoms with Gasteiger partial charge in [-0.1, -0.05) is 56.7 Å². The highest BCUT2D eigenvalue weighted by Gasteiger charge is 2.19. The fraction of sp³-hybridized carbons (Fsp3) is 0.429. The van der Waals surface area contributed by atoms with Crippen molar-refractivity contribution in [3.05, 3.63) is 65.3 Å². The van der Waals surface area contributed by atoms with Gasteiger partial charge in [0.05, 0.1) is 7.11 Å². The van der Waals surface area contributed by atoms with Crippen LogP contribution in [0.15, 0.2) is 59.7 Å². The van der Waals surface area contributed by atoms with E-state index in [1.54, 1.807) is 7.11 Å². The van der Waals surface area contributed by atoms with E-state index < -0.39 is 0 Å². The number of allylic oxidation sites excluding steroid dienone is 2. The molecular weight excluding hydrogens is 282 g/mol. The average Bonchev–Trinajstić information content (AvgIpc) is 2.90. The van der Waals surface area contributed by atoms with Gasteiger partial charge in [-0.15, -0.1) is 0 Å². The number of rotatable bonds is 5. The first kappa shape index (κ1) is 19.2. The molecular formula is C21H31NO. The van der Waals surface area contributed by atoms with Gasteiger partial charge >= 0.3 is 0 Å². The van der Waals surface area contributed by atoms with Crippen LogP contribution in [-0.4, -0.2) is 25.1 Å². The van der Waals surface area contributed by atoms with Gasteiger partial charge in [0.2, 0.25) is 0 Å². The molecule has 0 aromatic heterocycles. The Morgan fingerprint density at radius 2 is 1.83 bits per heavy atom. The molecule has 1 aromatic carbocycles. The van der Waals surface area contributed by atoms with Gasteiger partial charge in [0.25, 0.3) is 0 Å². The maximum absolute atomic E-state index is 5.19. The van der Waals surface area contributed by atoms with Crippen LogP contribution in [-0.2, 0) is 6.54 Å². The fourth-order valence-electron chi connectivity index (χ4n) is 2.68. The lowest BCUT2D eigenvalue weighted by molar-refractivity contribution is 0.337. The molecule has 2 heteroatoms. The SMILES string of the molecule is C=C/C=C(/C)C1=C(C)CN(Cc2ccc(OC)cc2)C1.CCC. The molecule has 1 aromatic rings. The first-order valence-electron chi connectivity index (χ1n) is 8.39. The Hall–Kier alpha value is -1.80. The van der Waals surface area contributed by atoms with Crippen molar-refractivity contribution < 1.29 is 4.74 Å². The van der Waals surface area contributed by atoms with Gasteiger partial charge in [-0.2, -0.15) is 0 Å². The fourth-order valence-corrected chi connectivity index (χ4v) is 2.68. The second-order valence-corrected chi connectivity index (χ2v) is 6.04. The minimum atomic E-state index is 0.912. The van der Waals surface area contributed by atoms with Crippen LogP contribution in [0.2, 0.25) is 0 Å². The third-order valence-corrected chi connectivity index (χ3v) is 3.77. The lowest BCUT2D eigenvalue weighted by atomic mass is 10.0. The number of methoxy groups -OCH3 is 1. The standard InChI is InChI=1S/C18H23NO.C3H8/c1-5-6-14(2)18-13-19(11-15(18)3)12-16-7-9-17(20-4)10-8-16;1-3-2/h5-10H,1,11-13H2,2-4H3;3H2,1-2H3/b14-6-;. The van der Waals surface area contributed by atoms with Crippen LogP contribution >= 0.6 is 0 Å². The second kappa shape index (κ2) is 10.1. The molecule has 0 N–H and O–H groups in total. The van der Waals surface area contributed by atoms with Crippen LogP contribution in [0.3, 0.4) is 0 Å². The third kappa shape index (κ3) is 6.07. The van der Waals surface area contributed by atoms with Gasteiger partial charge in [-0.25, -0.2) is 0 Å². The first-order chi connectivity index (χ1) is 11.0. The van der Waals surface area contributed by atoms with E-state index in [0.29, 0.717) is 0 Å². The van der Waals surface area contributed by atoms with E-state index in [-0.39, 0.29) is 0 Å². The van der Waals surface area contributed by atoms with Gasteiger partial charge in [0.15, 0.2) is 0 Å². The molecule has 0 unspecified atom stereocenters. The van der Waals surface area contributed by atoms with Crippen molar-refractivity contribution in [3.8, 4) is 5.75 Å². The van der Waals surface area contributed by atoms with Crippen LogP contribution in [0.1, 0.15) is 39.7 Å². The molecule has 0 saturated carbocycles. The van der Waals surface area contributed by atoms with E-state index in [9.17, 15) is 0 Å². The average molecular weight is 313 g/mol. The van der Waals surface area contributed by atoms with E-state index in [0.717, 1.165) is 25.4 Å². The van der Waals surface area contributed by atoms with Crippen LogP contribution in [0.25, 0.3) is 0 Å². The molecule has 0 amide bonds. The van der Waals surface area contributed by atoms with Gasteiger partial charge in [-0.05, 0) is 42.7 Å². The van der Waals surface area contributed by atoms with E-state index in [1.807, 2.05) is 18.2 Å². The van der Waals surface area contributed by atoms with Crippen LogP contribution < -0.4 is 4.74 Å². The van der Waals surface area contributed by atoms with Gasteiger partial charge in [0.1, 0.15) is 5.75 Å². The number of nitrogens with zero attached hydrogens (tertiary/aromatic N) is 1. The molecule has 0 bridgehead atoms. The smallest absolute Gasteiger partial charge is 0.118 e. The number of hydrogen-bond acceptors (Lipinski definition) is 2. The molecule has 0 fully saturated rings. The van der Waals surface area contributed by atoms with Crippen LogP contribution in [0.4, 0.5) is 0 Å². The Labute approximate surface area is 142 Å². The molecule has 0 atom stereocenters. The summed E-state index contributed by atoms with van der Waals surface area (Å²) in [6.45, 7) is 15.5. The number of benzene rings is 1. The van der Waals surface area contributed by atoms with E-state index in [4.69, 9.17) is 4.74 Å².